The highest BCUT2D eigenvalue weighted by Gasteiger charge is 2.37. The summed E-state index contributed by atoms with van der Waals surface area (Å²) in [7, 11) is 0. The number of para-hydroxylation sites is 4. The fraction of sp³-hybridized carbons (Fsp3) is 0.0411. The number of nitrogens with zero attached hydrogens (tertiary/aromatic N) is 2. The molecule has 0 fully saturated rings. The molecule has 0 saturated heterocycles. The first kappa shape index (κ1) is 42.8. The number of hydrogen-bond acceptors (Lipinski definition) is 2. The summed E-state index contributed by atoms with van der Waals surface area (Å²) in [5, 5.41) is 7.42. The fourth-order valence-electron chi connectivity index (χ4n) is 13.2. The Bertz CT molecular complexity index is 4680. The topological polar surface area (TPSA) is 21.3 Å². The third-order valence-corrected chi connectivity index (χ3v) is 16.8. The molecule has 12 aromatic carbocycles. The molecule has 2 heterocycles. The summed E-state index contributed by atoms with van der Waals surface area (Å²) in [6.07, 6.45) is 0. The summed E-state index contributed by atoms with van der Waals surface area (Å²) in [6, 6.07) is 93.8. The Morgan fingerprint density at radius 1 is 0.329 bits per heavy atom. The van der Waals surface area contributed by atoms with Crippen molar-refractivity contribution in [2.24, 2.45) is 0 Å². The average Bonchev–Trinajstić information content (AvgIpc) is 4.24. The number of hydrogen-bond donors (Lipinski definition) is 0. The second-order valence-corrected chi connectivity index (χ2v) is 21.1. The van der Waals surface area contributed by atoms with Crippen LogP contribution in [0.5, 0.6) is 0 Å². The minimum absolute atomic E-state index is 0.260. The third-order valence-electron chi connectivity index (χ3n) is 16.8. The van der Waals surface area contributed by atoms with Gasteiger partial charge in [-0.3, -0.25) is 0 Å². The molecule has 14 aromatic rings. The molecule has 3 nitrogen and oxygen atoms in total. The van der Waals surface area contributed by atoms with Crippen LogP contribution in [0, 0.1) is 0 Å². The molecular formula is C73H48N2O. The lowest BCUT2D eigenvalue weighted by molar-refractivity contribution is 0.660. The Morgan fingerprint density at radius 3 is 1.62 bits per heavy atom. The first-order valence-electron chi connectivity index (χ1n) is 26.4. The van der Waals surface area contributed by atoms with Gasteiger partial charge in [-0.15, -0.1) is 0 Å². The zero-order valence-corrected chi connectivity index (χ0v) is 42.1. The second-order valence-electron chi connectivity index (χ2n) is 21.1. The van der Waals surface area contributed by atoms with E-state index in [9.17, 15) is 0 Å². The third kappa shape index (κ3) is 6.17. The molecule has 2 aliphatic carbocycles. The van der Waals surface area contributed by atoms with Gasteiger partial charge >= 0.3 is 0 Å². The van der Waals surface area contributed by atoms with E-state index < -0.39 is 0 Å². The van der Waals surface area contributed by atoms with Crippen LogP contribution in [-0.2, 0) is 5.41 Å². The van der Waals surface area contributed by atoms with Gasteiger partial charge in [-0.1, -0.05) is 196 Å². The molecule has 0 aliphatic heterocycles. The van der Waals surface area contributed by atoms with Crippen LogP contribution in [0.4, 0.5) is 17.1 Å². The van der Waals surface area contributed by atoms with Gasteiger partial charge in [0.2, 0.25) is 0 Å². The molecule has 356 valence electrons. The van der Waals surface area contributed by atoms with E-state index in [1.165, 1.54) is 99.3 Å². The van der Waals surface area contributed by atoms with Crippen LogP contribution in [0.15, 0.2) is 259 Å². The normalized spacial score (nSPS) is 13.0. The van der Waals surface area contributed by atoms with E-state index in [2.05, 4.69) is 272 Å². The van der Waals surface area contributed by atoms with Crippen LogP contribution < -0.4 is 4.90 Å². The van der Waals surface area contributed by atoms with Crippen LogP contribution in [0.25, 0.3) is 127 Å². The molecule has 3 heteroatoms. The maximum Gasteiger partial charge on any atom is 0.143 e. The van der Waals surface area contributed by atoms with E-state index in [4.69, 9.17) is 4.42 Å². The van der Waals surface area contributed by atoms with Crippen molar-refractivity contribution in [2.45, 2.75) is 19.3 Å². The lowest BCUT2D eigenvalue weighted by Gasteiger charge is -2.28. The molecule has 0 unspecified atom stereocenters. The van der Waals surface area contributed by atoms with Gasteiger partial charge < -0.3 is 13.9 Å². The fourth-order valence-corrected chi connectivity index (χ4v) is 13.2. The minimum Gasteiger partial charge on any atom is -0.455 e. The van der Waals surface area contributed by atoms with E-state index in [1.807, 2.05) is 6.07 Å². The van der Waals surface area contributed by atoms with Gasteiger partial charge in [-0.05, 0) is 156 Å². The quantitative estimate of drug-likeness (QED) is 0.159. The number of anilines is 3. The highest BCUT2D eigenvalue weighted by atomic mass is 16.3. The minimum atomic E-state index is -0.260. The van der Waals surface area contributed by atoms with Crippen LogP contribution in [-0.4, -0.2) is 4.57 Å². The summed E-state index contributed by atoms with van der Waals surface area (Å²) in [5.74, 6) is 0. The predicted molar refractivity (Wildman–Crippen MR) is 319 cm³/mol. The maximum absolute atomic E-state index is 6.53. The van der Waals surface area contributed by atoms with Crippen molar-refractivity contribution in [1.82, 2.24) is 4.57 Å². The van der Waals surface area contributed by atoms with Gasteiger partial charge in [0.05, 0.1) is 11.0 Å². The van der Waals surface area contributed by atoms with E-state index in [-0.39, 0.29) is 5.41 Å². The Hall–Kier alpha value is -9.70. The highest BCUT2D eigenvalue weighted by molar-refractivity contribution is 6.19. The van der Waals surface area contributed by atoms with Crippen molar-refractivity contribution >= 4 is 71.6 Å². The van der Waals surface area contributed by atoms with Crippen molar-refractivity contribution in [3.63, 3.8) is 0 Å². The van der Waals surface area contributed by atoms with Crippen molar-refractivity contribution in [2.75, 3.05) is 4.90 Å². The number of furan rings is 1. The van der Waals surface area contributed by atoms with Gasteiger partial charge in [0.25, 0.3) is 0 Å². The summed E-state index contributed by atoms with van der Waals surface area (Å²) >= 11 is 0. The number of fused-ring (bicyclic) bond motifs is 12. The number of aromatic nitrogens is 1. The lowest BCUT2D eigenvalue weighted by atomic mass is 9.81. The molecular weight excluding hydrogens is 921 g/mol. The summed E-state index contributed by atoms with van der Waals surface area (Å²) in [6.45, 7) is 4.80. The zero-order valence-electron chi connectivity index (χ0n) is 42.1. The van der Waals surface area contributed by atoms with Gasteiger partial charge in [0.1, 0.15) is 11.2 Å². The Kier molecular flexibility index (Phi) is 9.09. The molecule has 0 bridgehead atoms. The van der Waals surface area contributed by atoms with Crippen molar-refractivity contribution < 1.29 is 4.42 Å². The monoisotopic (exact) mass is 968 g/mol. The second kappa shape index (κ2) is 16.1. The van der Waals surface area contributed by atoms with Crippen molar-refractivity contribution in [1.29, 1.82) is 0 Å². The van der Waals surface area contributed by atoms with Gasteiger partial charge in [0.15, 0.2) is 0 Å². The van der Waals surface area contributed by atoms with Gasteiger partial charge in [0, 0.05) is 55.3 Å². The summed E-state index contributed by atoms with van der Waals surface area (Å²) < 4.78 is 8.92. The number of benzene rings is 12. The van der Waals surface area contributed by atoms with Crippen LogP contribution in [0.3, 0.4) is 0 Å². The molecule has 0 atom stereocenters. The molecule has 0 N–H and O–H groups in total. The van der Waals surface area contributed by atoms with Crippen LogP contribution >= 0.6 is 0 Å². The molecule has 2 aromatic heterocycles. The molecule has 16 rings (SSSR count). The Labute approximate surface area is 440 Å². The SMILES string of the molecule is CC1(C)c2cc(-c3ccc4c5c(cccc35)-c3ccccc3-4)ccc2-c2ccc(N(c3ccc(-c4cccc5c4oc4ccccc45)cc3)c3ccc(-c4cccc5c4c4ccccc4n5-c4ccccc4)cc3)cc21. The Morgan fingerprint density at radius 2 is 0.842 bits per heavy atom. The molecule has 0 spiro atoms. The molecule has 2 aliphatic rings. The van der Waals surface area contributed by atoms with E-state index in [0.717, 1.165) is 55.8 Å². The Balaban J connectivity index is 0.812. The summed E-state index contributed by atoms with van der Waals surface area (Å²) in [4.78, 5) is 2.42. The van der Waals surface area contributed by atoms with E-state index in [0.29, 0.717) is 0 Å². The molecule has 0 radical (unpaired) electrons. The highest BCUT2D eigenvalue weighted by Crippen LogP contribution is 2.54. The average molecular weight is 969 g/mol. The zero-order chi connectivity index (χ0) is 50.2. The smallest absolute Gasteiger partial charge is 0.143 e. The lowest BCUT2D eigenvalue weighted by Crippen LogP contribution is -2.16. The predicted octanol–water partition coefficient (Wildman–Crippen LogP) is 20.3. The standard InChI is InChI=1S/C73H48N2O/c1-73(2)65-43-47(52-41-42-62-56-18-7-6-17-55(56)61-24-13-23-60(52)70(61)62)33-39-57(65)58-40-38-51(44-66(58)73)74(50-36-31-46(32-37-50)54-22-12-25-63-59-19-9-11-28-69(59)76-72(54)63)49-34-29-45(30-35-49)53-21-14-27-68-71(53)64-20-8-10-26-67(64)75(68)48-15-4-3-5-16-48/h3-44H,1-2H3. The van der Waals surface area contributed by atoms with Crippen molar-refractivity contribution in [3.8, 4) is 72.4 Å². The van der Waals surface area contributed by atoms with E-state index >= 15 is 0 Å². The van der Waals surface area contributed by atoms with E-state index in [1.54, 1.807) is 0 Å². The van der Waals surface area contributed by atoms with Crippen LogP contribution in [0.1, 0.15) is 25.0 Å². The largest absolute Gasteiger partial charge is 0.455 e. The van der Waals surface area contributed by atoms with Gasteiger partial charge in [-0.2, -0.15) is 0 Å². The molecule has 0 saturated carbocycles. The van der Waals surface area contributed by atoms with Crippen molar-refractivity contribution in [3.05, 3.63) is 266 Å². The summed E-state index contributed by atoms with van der Waals surface area (Å²) in [5.41, 5.74) is 26.0. The van der Waals surface area contributed by atoms with Gasteiger partial charge in [-0.25, -0.2) is 0 Å². The molecule has 0 amide bonds. The number of rotatable bonds is 7. The first-order valence-corrected chi connectivity index (χ1v) is 26.4. The maximum atomic E-state index is 6.53. The first-order chi connectivity index (χ1) is 37.5. The molecule has 76 heavy (non-hydrogen) atoms. The van der Waals surface area contributed by atoms with Crippen LogP contribution in [0.2, 0.25) is 0 Å².